The number of nitrogens with one attached hydrogen (secondary N) is 1. The minimum absolute atomic E-state index is 0.0590. The number of amides is 1. The molecule has 0 radical (unpaired) electrons. The number of aryl methyl sites for hydroxylation is 1. The summed E-state index contributed by atoms with van der Waals surface area (Å²) in [6.07, 6.45) is 3.27. The molecule has 1 aromatic heterocycles. The van der Waals surface area contributed by atoms with E-state index in [1.807, 2.05) is 14.1 Å². The summed E-state index contributed by atoms with van der Waals surface area (Å²) >= 11 is 0. The summed E-state index contributed by atoms with van der Waals surface area (Å²) in [5.74, 6) is 0.0125. The Morgan fingerprint density at radius 2 is 2.14 bits per heavy atom. The third-order valence-corrected chi connectivity index (χ3v) is 4.19. The second-order valence-electron chi connectivity index (χ2n) is 5.64. The van der Waals surface area contributed by atoms with Crippen molar-refractivity contribution in [3.05, 3.63) is 17.5 Å². The number of nitrogens with two attached hydrogens (primary N) is 1. The van der Waals surface area contributed by atoms with Crippen molar-refractivity contribution in [1.29, 1.82) is 0 Å². The van der Waals surface area contributed by atoms with E-state index in [0.717, 1.165) is 26.1 Å². The summed E-state index contributed by atoms with van der Waals surface area (Å²) in [5.41, 5.74) is 6.50. The predicted octanol–water partition coefficient (Wildman–Crippen LogP) is 0.208. The van der Waals surface area contributed by atoms with Gasteiger partial charge in [-0.15, -0.1) is 0 Å². The molecule has 3 N–H and O–H groups in total. The van der Waals surface area contributed by atoms with Gasteiger partial charge in [0.05, 0.1) is 11.3 Å². The number of rotatable bonds is 4. The Labute approximate surface area is 124 Å². The Bertz CT molecular complexity index is 512. The lowest BCUT2D eigenvalue weighted by Crippen LogP contribution is -2.55. The largest absolute Gasteiger partial charge is 0.381 e. The first-order valence-corrected chi connectivity index (χ1v) is 7.07. The zero-order valence-corrected chi connectivity index (χ0v) is 12.8. The van der Waals surface area contributed by atoms with E-state index < -0.39 is 0 Å². The van der Waals surface area contributed by atoms with E-state index in [4.69, 9.17) is 10.5 Å². The van der Waals surface area contributed by atoms with Gasteiger partial charge < -0.3 is 20.7 Å². The lowest BCUT2D eigenvalue weighted by molar-refractivity contribution is -0.00658. The van der Waals surface area contributed by atoms with Crippen LogP contribution in [0.5, 0.6) is 0 Å². The molecule has 0 aromatic carbocycles. The van der Waals surface area contributed by atoms with E-state index in [-0.39, 0.29) is 17.4 Å². The number of nitrogens with zero attached hydrogens (tertiary/aromatic N) is 3. The van der Waals surface area contributed by atoms with E-state index in [1.54, 1.807) is 6.92 Å². The molecule has 1 fully saturated rings. The molecule has 0 saturated carbocycles. The Hall–Kier alpha value is -1.73. The standard InChI is InChI=1S/C14H23N5O2/c1-10-11(8-16-13(15)18-10)12(20)17-9-14(19(2)3)4-6-21-7-5-14/h8H,4-7,9H2,1-3H3,(H,17,20)(H2,15,16,18). The van der Waals surface area contributed by atoms with Crippen molar-refractivity contribution in [2.75, 3.05) is 39.6 Å². The summed E-state index contributed by atoms with van der Waals surface area (Å²) in [5, 5.41) is 2.99. The zero-order chi connectivity index (χ0) is 15.5. The summed E-state index contributed by atoms with van der Waals surface area (Å²) in [4.78, 5) is 22.4. The van der Waals surface area contributed by atoms with Crippen LogP contribution in [0.2, 0.25) is 0 Å². The highest BCUT2D eigenvalue weighted by atomic mass is 16.5. The van der Waals surface area contributed by atoms with E-state index >= 15 is 0 Å². The highest BCUT2D eigenvalue weighted by molar-refractivity contribution is 5.95. The molecule has 7 heteroatoms. The monoisotopic (exact) mass is 293 g/mol. The Kier molecular flexibility index (Phi) is 4.74. The molecular formula is C14H23N5O2. The van der Waals surface area contributed by atoms with Crippen molar-refractivity contribution >= 4 is 11.9 Å². The van der Waals surface area contributed by atoms with Crippen molar-refractivity contribution in [1.82, 2.24) is 20.2 Å². The maximum atomic E-state index is 12.3. The van der Waals surface area contributed by atoms with Gasteiger partial charge in [0.15, 0.2) is 0 Å². The van der Waals surface area contributed by atoms with Crippen LogP contribution in [0.1, 0.15) is 28.9 Å². The number of nitrogen functional groups attached to an aromatic ring is 1. The van der Waals surface area contributed by atoms with Crippen molar-refractivity contribution in [2.45, 2.75) is 25.3 Å². The molecule has 21 heavy (non-hydrogen) atoms. The van der Waals surface area contributed by atoms with Crippen LogP contribution in [0, 0.1) is 6.92 Å². The van der Waals surface area contributed by atoms with E-state index in [2.05, 4.69) is 20.2 Å². The van der Waals surface area contributed by atoms with Crippen molar-refractivity contribution in [3.8, 4) is 0 Å². The Balaban J connectivity index is 2.05. The molecule has 1 aromatic rings. The number of ether oxygens (including phenoxy) is 1. The molecule has 1 saturated heterocycles. The molecule has 116 valence electrons. The second kappa shape index (κ2) is 6.36. The summed E-state index contributed by atoms with van der Waals surface area (Å²) < 4.78 is 5.43. The van der Waals surface area contributed by atoms with Gasteiger partial charge in [0.25, 0.3) is 5.91 Å². The average molecular weight is 293 g/mol. The second-order valence-corrected chi connectivity index (χ2v) is 5.64. The van der Waals surface area contributed by atoms with E-state index in [1.165, 1.54) is 6.20 Å². The predicted molar refractivity (Wildman–Crippen MR) is 80.0 cm³/mol. The molecule has 7 nitrogen and oxygen atoms in total. The molecule has 0 spiro atoms. The third kappa shape index (κ3) is 3.48. The molecular weight excluding hydrogens is 270 g/mol. The Morgan fingerprint density at radius 1 is 1.48 bits per heavy atom. The maximum absolute atomic E-state index is 12.3. The van der Waals surface area contributed by atoms with Crippen LogP contribution in [0.4, 0.5) is 5.95 Å². The van der Waals surface area contributed by atoms with Crippen LogP contribution in [-0.2, 0) is 4.74 Å². The van der Waals surface area contributed by atoms with Gasteiger partial charge in [-0.05, 0) is 33.9 Å². The van der Waals surface area contributed by atoms with E-state index in [9.17, 15) is 4.79 Å². The summed E-state index contributed by atoms with van der Waals surface area (Å²) in [7, 11) is 4.07. The number of anilines is 1. The first-order chi connectivity index (χ1) is 9.94. The fourth-order valence-electron chi connectivity index (χ4n) is 2.58. The van der Waals surface area contributed by atoms with Crippen LogP contribution in [0.15, 0.2) is 6.20 Å². The average Bonchev–Trinajstić information content (AvgIpc) is 2.45. The fourth-order valence-corrected chi connectivity index (χ4v) is 2.58. The quantitative estimate of drug-likeness (QED) is 0.824. The van der Waals surface area contributed by atoms with Gasteiger partial charge in [-0.1, -0.05) is 0 Å². The summed E-state index contributed by atoms with van der Waals surface area (Å²) in [6.45, 7) is 3.77. The minimum Gasteiger partial charge on any atom is -0.381 e. The van der Waals surface area contributed by atoms with Gasteiger partial charge in [0.1, 0.15) is 0 Å². The number of carbonyl (C=O) groups is 1. The molecule has 0 bridgehead atoms. The van der Waals surface area contributed by atoms with Gasteiger partial charge in [-0.25, -0.2) is 9.97 Å². The van der Waals surface area contributed by atoms with Gasteiger partial charge in [0.2, 0.25) is 5.95 Å². The highest BCUT2D eigenvalue weighted by Gasteiger charge is 2.35. The highest BCUT2D eigenvalue weighted by Crippen LogP contribution is 2.25. The van der Waals surface area contributed by atoms with Crippen molar-refractivity contribution in [3.63, 3.8) is 0 Å². The number of likely N-dealkylation sites (N-methyl/N-ethyl adjacent to an activating group) is 1. The molecule has 1 aliphatic rings. The molecule has 1 amide bonds. The normalized spacial score (nSPS) is 17.7. The number of carbonyl (C=O) groups excluding carboxylic acids is 1. The van der Waals surface area contributed by atoms with Gasteiger partial charge in [-0.2, -0.15) is 0 Å². The van der Waals surface area contributed by atoms with Crippen LogP contribution < -0.4 is 11.1 Å². The molecule has 0 atom stereocenters. The summed E-state index contributed by atoms with van der Waals surface area (Å²) in [6, 6.07) is 0. The number of aromatic nitrogens is 2. The molecule has 2 heterocycles. The van der Waals surface area contributed by atoms with Gasteiger partial charge in [0, 0.05) is 31.5 Å². The number of hydrogen-bond donors (Lipinski definition) is 2. The van der Waals surface area contributed by atoms with Crippen LogP contribution >= 0.6 is 0 Å². The number of hydrogen-bond acceptors (Lipinski definition) is 6. The lowest BCUT2D eigenvalue weighted by atomic mass is 9.88. The smallest absolute Gasteiger partial charge is 0.254 e. The SMILES string of the molecule is Cc1nc(N)ncc1C(=O)NCC1(N(C)C)CCOCC1. The molecule has 2 rings (SSSR count). The Morgan fingerprint density at radius 3 is 2.71 bits per heavy atom. The minimum atomic E-state index is -0.166. The third-order valence-electron chi connectivity index (χ3n) is 4.19. The van der Waals surface area contributed by atoms with Gasteiger partial charge >= 0.3 is 0 Å². The van der Waals surface area contributed by atoms with Crippen LogP contribution in [-0.4, -0.2) is 60.2 Å². The molecule has 0 unspecified atom stereocenters. The molecule has 0 aliphatic carbocycles. The van der Waals surface area contributed by atoms with Crippen LogP contribution in [0.25, 0.3) is 0 Å². The van der Waals surface area contributed by atoms with Gasteiger partial charge in [-0.3, -0.25) is 4.79 Å². The maximum Gasteiger partial charge on any atom is 0.254 e. The van der Waals surface area contributed by atoms with Crippen LogP contribution in [0.3, 0.4) is 0 Å². The van der Waals surface area contributed by atoms with Crippen molar-refractivity contribution < 1.29 is 9.53 Å². The lowest BCUT2D eigenvalue weighted by Gasteiger charge is -2.42. The first-order valence-electron chi connectivity index (χ1n) is 7.07. The molecule has 1 aliphatic heterocycles. The topological polar surface area (TPSA) is 93.4 Å². The first kappa shape index (κ1) is 15.7. The van der Waals surface area contributed by atoms with E-state index in [0.29, 0.717) is 17.8 Å². The van der Waals surface area contributed by atoms with Crippen molar-refractivity contribution in [2.24, 2.45) is 0 Å². The zero-order valence-electron chi connectivity index (χ0n) is 12.8. The fraction of sp³-hybridized carbons (Fsp3) is 0.643.